The Morgan fingerprint density at radius 1 is 1.12 bits per heavy atom. The molecule has 34 heavy (non-hydrogen) atoms. The fourth-order valence-electron chi connectivity index (χ4n) is 3.88. The van der Waals surface area contributed by atoms with Gasteiger partial charge in [0.05, 0.1) is 29.1 Å². The van der Waals surface area contributed by atoms with Crippen LogP contribution in [-0.4, -0.2) is 33.9 Å². The van der Waals surface area contributed by atoms with E-state index in [0.717, 1.165) is 17.0 Å². The van der Waals surface area contributed by atoms with Gasteiger partial charge in [-0.3, -0.25) is 9.48 Å². The van der Waals surface area contributed by atoms with Crippen molar-refractivity contribution in [1.29, 1.82) is 0 Å². The number of rotatable bonds is 7. The quantitative estimate of drug-likeness (QED) is 0.389. The summed E-state index contributed by atoms with van der Waals surface area (Å²) in [5.74, 6) is -0.361. The molecular formula is C25H24F2N4O3. The fourth-order valence-corrected chi connectivity index (χ4v) is 3.88. The molecule has 0 spiro atoms. The number of carbonyl (C=O) groups is 1. The predicted molar refractivity (Wildman–Crippen MR) is 126 cm³/mol. The van der Waals surface area contributed by atoms with Crippen LogP contribution in [0, 0.1) is 13.8 Å². The van der Waals surface area contributed by atoms with E-state index in [2.05, 4.69) is 15.2 Å². The minimum atomic E-state index is -2.99. The summed E-state index contributed by atoms with van der Waals surface area (Å²) in [5.41, 5.74) is 4.73. The van der Waals surface area contributed by atoms with Crippen LogP contribution in [0.5, 0.6) is 11.5 Å². The number of hydrogen-bond donors (Lipinski definition) is 1. The molecule has 4 aromatic rings. The molecule has 0 aliphatic heterocycles. The zero-order valence-corrected chi connectivity index (χ0v) is 19.2. The van der Waals surface area contributed by atoms with Gasteiger partial charge in [-0.1, -0.05) is 18.2 Å². The van der Waals surface area contributed by atoms with Gasteiger partial charge in [-0.15, -0.1) is 0 Å². The molecule has 2 aromatic carbocycles. The van der Waals surface area contributed by atoms with Crippen LogP contribution in [0.2, 0.25) is 0 Å². The number of alkyl halides is 2. The van der Waals surface area contributed by atoms with Crippen molar-refractivity contribution < 1.29 is 23.0 Å². The maximum atomic E-state index is 13.4. The van der Waals surface area contributed by atoms with Crippen molar-refractivity contribution in [3.8, 4) is 22.8 Å². The van der Waals surface area contributed by atoms with Crippen LogP contribution in [0.25, 0.3) is 22.2 Å². The van der Waals surface area contributed by atoms with E-state index >= 15 is 0 Å². The zero-order valence-electron chi connectivity index (χ0n) is 19.2. The maximum Gasteiger partial charge on any atom is 0.387 e. The number of aryl methyl sites for hydroxylation is 2. The Balaban J connectivity index is 1.75. The van der Waals surface area contributed by atoms with Crippen molar-refractivity contribution in [2.75, 3.05) is 11.9 Å². The summed E-state index contributed by atoms with van der Waals surface area (Å²) in [6.45, 7) is 2.84. The SMILES string of the molecule is CCOc1cc(NC(=O)c2cc(-c3c(C)nn(C)c3C)nc3ccccc23)ccc1OC(F)F. The molecule has 176 valence electrons. The number of hydrogen-bond acceptors (Lipinski definition) is 5. The Labute approximate surface area is 195 Å². The van der Waals surface area contributed by atoms with Gasteiger partial charge >= 0.3 is 6.61 Å². The van der Waals surface area contributed by atoms with Gasteiger partial charge in [-0.05, 0) is 45.0 Å². The average Bonchev–Trinajstić information content (AvgIpc) is 3.05. The van der Waals surface area contributed by atoms with Gasteiger partial charge in [-0.25, -0.2) is 4.98 Å². The molecule has 0 aliphatic carbocycles. The molecule has 0 aliphatic rings. The first kappa shape index (κ1) is 23.2. The van der Waals surface area contributed by atoms with Crippen LogP contribution in [0.1, 0.15) is 28.7 Å². The minimum absolute atomic E-state index is 0.103. The third-order valence-electron chi connectivity index (χ3n) is 5.44. The summed E-state index contributed by atoms with van der Waals surface area (Å²) in [4.78, 5) is 18.1. The lowest BCUT2D eigenvalue weighted by Crippen LogP contribution is -2.13. The van der Waals surface area contributed by atoms with Gasteiger partial charge in [0.25, 0.3) is 5.91 Å². The standard InChI is InChI=1S/C25H24F2N4O3/c1-5-33-22-12-16(10-11-21(22)34-25(26)27)28-24(32)18-13-20(23-14(2)30-31(4)15(23)3)29-19-9-7-6-8-17(18)19/h6-13,25H,5H2,1-4H3,(H,28,32). The van der Waals surface area contributed by atoms with Gasteiger partial charge in [0.15, 0.2) is 11.5 Å². The highest BCUT2D eigenvalue weighted by Gasteiger charge is 2.19. The molecule has 0 saturated carbocycles. The summed E-state index contributed by atoms with van der Waals surface area (Å²) in [7, 11) is 1.86. The van der Waals surface area contributed by atoms with Crippen LogP contribution in [0.15, 0.2) is 48.5 Å². The number of nitrogens with zero attached hydrogens (tertiary/aromatic N) is 3. The second-order valence-corrected chi connectivity index (χ2v) is 7.67. The second kappa shape index (κ2) is 9.46. The Bertz CT molecular complexity index is 1370. The third kappa shape index (κ3) is 4.54. The lowest BCUT2D eigenvalue weighted by molar-refractivity contribution is -0.0514. The van der Waals surface area contributed by atoms with E-state index in [0.29, 0.717) is 27.8 Å². The summed E-state index contributed by atoms with van der Waals surface area (Å²) >= 11 is 0. The van der Waals surface area contributed by atoms with E-state index in [4.69, 9.17) is 9.72 Å². The molecule has 0 unspecified atom stereocenters. The number of carbonyl (C=O) groups excluding carboxylic acids is 1. The Morgan fingerprint density at radius 2 is 1.88 bits per heavy atom. The molecule has 0 fully saturated rings. The molecule has 0 radical (unpaired) electrons. The average molecular weight is 466 g/mol. The number of nitrogens with one attached hydrogen (secondary N) is 1. The lowest BCUT2D eigenvalue weighted by Gasteiger charge is -2.14. The number of para-hydroxylation sites is 1. The largest absolute Gasteiger partial charge is 0.490 e. The normalized spacial score (nSPS) is 11.1. The molecule has 1 N–H and O–H groups in total. The van der Waals surface area contributed by atoms with Crippen LogP contribution >= 0.6 is 0 Å². The predicted octanol–water partition coefficient (Wildman–Crippen LogP) is 5.50. The Morgan fingerprint density at radius 3 is 2.56 bits per heavy atom. The molecule has 1 amide bonds. The maximum absolute atomic E-state index is 13.4. The Kier molecular flexibility index (Phi) is 6.45. The lowest BCUT2D eigenvalue weighted by atomic mass is 10.0. The summed E-state index contributed by atoms with van der Waals surface area (Å²) in [6.07, 6.45) is 0. The van der Waals surface area contributed by atoms with Crippen molar-refractivity contribution in [2.45, 2.75) is 27.4 Å². The highest BCUT2D eigenvalue weighted by Crippen LogP contribution is 2.33. The van der Waals surface area contributed by atoms with E-state index in [1.165, 1.54) is 18.2 Å². The van der Waals surface area contributed by atoms with Crippen LogP contribution < -0.4 is 14.8 Å². The van der Waals surface area contributed by atoms with Crippen LogP contribution in [-0.2, 0) is 7.05 Å². The smallest absolute Gasteiger partial charge is 0.387 e. The van der Waals surface area contributed by atoms with Gasteiger partial charge in [0, 0.05) is 35.4 Å². The van der Waals surface area contributed by atoms with Crippen molar-refractivity contribution in [3.63, 3.8) is 0 Å². The van der Waals surface area contributed by atoms with Crippen molar-refractivity contribution in [3.05, 3.63) is 65.5 Å². The van der Waals surface area contributed by atoms with Gasteiger partial charge in [0.2, 0.25) is 0 Å². The topological polar surface area (TPSA) is 78.3 Å². The zero-order chi connectivity index (χ0) is 24.4. The molecule has 7 nitrogen and oxygen atoms in total. The highest BCUT2D eigenvalue weighted by molar-refractivity contribution is 6.13. The Hall–Kier alpha value is -4.01. The number of fused-ring (bicyclic) bond motifs is 1. The van der Waals surface area contributed by atoms with E-state index in [-0.39, 0.29) is 24.0 Å². The third-order valence-corrected chi connectivity index (χ3v) is 5.44. The second-order valence-electron chi connectivity index (χ2n) is 7.67. The fraction of sp³-hybridized carbons (Fsp3) is 0.240. The first-order valence-corrected chi connectivity index (χ1v) is 10.7. The van der Waals surface area contributed by atoms with Gasteiger partial charge in [-0.2, -0.15) is 13.9 Å². The number of amides is 1. The molecule has 0 atom stereocenters. The summed E-state index contributed by atoms with van der Waals surface area (Å²) in [5, 5.41) is 7.98. The molecule has 9 heteroatoms. The first-order valence-electron chi connectivity index (χ1n) is 10.7. The van der Waals surface area contributed by atoms with Gasteiger partial charge < -0.3 is 14.8 Å². The number of aromatic nitrogens is 3. The minimum Gasteiger partial charge on any atom is -0.490 e. The summed E-state index contributed by atoms with van der Waals surface area (Å²) in [6, 6.07) is 13.4. The number of benzene rings is 2. The molecule has 2 heterocycles. The molecule has 0 saturated heterocycles. The van der Waals surface area contributed by atoms with Crippen molar-refractivity contribution in [1.82, 2.24) is 14.8 Å². The molecule has 2 aromatic heterocycles. The number of halogens is 2. The molecular weight excluding hydrogens is 442 g/mol. The van der Waals surface area contributed by atoms with Crippen LogP contribution in [0.4, 0.5) is 14.5 Å². The monoisotopic (exact) mass is 466 g/mol. The van der Waals surface area contributed by atoms with Crippen molar-refractivity contribution in [2.24, 2.45) is 7.05 Å². The summed E-state index contributed by atoms with van der Waals surface area (Å²) < 4.78 is 37.1. The number of pyridine rings is 1. The number of ether oxygens (including phenoxy) is 2. The van der Waals surface area contributed by atoms with E-state index in [9.17, 15) is 13.6 Å². The highest BCUT2D eigenvalue weighted by atomic mass is 19.3. The first-order chi connectivity index (χ1) is 16.3. The molecule has 4 rings (SSSR count). The van der Waals surface area contributed by atoms with E-state index in [1.54, 1.807) is 17.7 Å². The van der Waals surface area contributed by atoms with Crippen LogP contribution in [0.3, 0.4) is 0 Å². The number of anilines is 1. The van der Waals surface area contributed by atoms with Crippen molar-refractivity contribution >= 4 is 22.5 Å². The van der Waals surface area contributed by atoms with E-state index < -0.39 is 6.61 Å². The van der Waals surface area contributed by atoms with E-state index in [1.807, 2.05) is 45.2 Å². The molecule has 0 bridgehead atoms. The van der Waals surface area contributed by atoms with Gasteiger partial charge in [0.1, 0.15) is 0 Å².